The maximum absolute atomic E-state index is 14.3. The predicted octanol–water partition coefficient (Wildman–Crippen LogP) is 6.72. The van der Waals surface area contributed by atoms with Gasteiger partial charge in [0.2, 0.25) is 11.8 Å². The summed E-state index contributed by atoms with van der Waals surface area (Å²) in [6, 6.07) is 18.3. The SMILES string of the molecule is CC[C@@H](C(=O)NC1CCCCC1)N(Cc1ccccc1C)C(=O)CN(c1ccc(C)c(C)c1)S(=O)(=O)c1ccc(Cl)cc1. The van der Waals surface area contributed by atoms with Crippen LogP contribution in [0.2, 0.25) is 5.02 Å². The van der Waals surface area contributed by atoms with Gasteiger partial charge in [0.15, 0.2) is 0 Å². The number of hydrogen-bond donors (Lipinski definition) is 1. The number of carbonyl (C=O) groups is 2. The molecule has 0 saturated heterocycles. The normalized spacial score (nSPS) is 14.6. The van der Waals surface area contributed by atoms with Crippen molar-refractivity contribution in [2.45, 2.75) is 89.7 Å². The average Bonchev–Trinajstić information content (AvgIpc) is 2.98. The molecule has 3 aromatic carbocycles. The molecule has 0 heterocycles. The summed E-state index contributed by atoms with van der Waals surface area (Å²) in [4.78, 5) is 29.6. The molecule has 1 aliphatic rings. The van der Waals surface area contributed by atoms with Crippen molar-refractivity contribution < 1.29 is 18.0 Å². The molecule has 0 radical (unpaired) electrons. The fraction of sp³-hybridized carbons (Fsp3) is 0.412. The number of aryl methyl sites for hydroxylation is 3. The van der Waals surface area contributed by atoms with E-state index in [0.29, 0.717) is 17.1 Å². The third-order valence-corrected chi connectivity index (χ3v) is 10.4. The molecule has 1 saturated carbocycles. The number of sulfonamides is 1. The van der Waals surface area contributed by atoms with Crippen LogP contribution in [0.4, 0.5) is 5.69 Å². The predicted molar refractivity (Wildman–Crippen MR) is 173 cm³/mol. The Morgan fingerprint density at radius 2 is 1.58 bits per heavy atom. The summed E-state index contributed by atoms with van der Waals surface area (Å²) >= 11 is 6.06. The number of rotatable bonds is 11. The topological polar surface area (TPSA) is 86.8 Å². The zero-order valence-electron chi connectivity index (χ0n) is 25.5. The van der Waals surface area contributed by atoms with E-state index in [0.717, 1.165) is 58.7 Å². The molecule has 1 fully saturated rings. The lowest BCUT2D eigenvalue weighted by molar-refractivity contribution is -0.140. The van der Waals surface area contributed by atoms with Crippen LogP contribution < -0.4 is 9.62 Å². The van der Waals surface area contributed by atoms with Crippen LogP contribution in [0.25, 0.3) is 0 Å². The van der Waals surface area contributed by atoms with Crippen LogP contribution in [-0.4, -0.2) is 43.8 Å². The fourth-order valence-electron chi connectivity index (χ4n) is 5.58. The van der Waals surface area contributed by atoms with E-state index in [-0.39, 0.29) is 23.4 Å². The maximum Gasteiger partial charge on any atom is 0.264 e. The molecule has 1 N–H and O–H groups in total. The van der Waals surface area contributed by atoms with Crippen molar-refractivity contribution in [1.29, 1.82) is 0 Å². The van der Waals surface area contributed by atoms with Crippen LogP contribution in [0.1, 0.15) is 67.7 Å². The number of nitrogens with zero attached hydrogens (tertiary/aromatic N) is 2. The number of nitrogens with one attached hydrogen (secondary N) is 1. The van der Waals surface area contributed by atoms with Gasteiger partial charge in [0.25, 0.3) is 10.0 Å². The highest BCUT2D eigenvalue weighted by atomic mass is 35.5. The van der Waals surface area contributed by atoms with E-state index in [9.17, 15) is 18.0 Å². The molecule has 1 aliphatic carbocycles. The molecule has 0 bridgehead atoms. The van der Waals surface area contributed by atoms with Gasteiger partial charge in [0.1, 0.15) is 12.6 Å². The van der Waals surface area contributed by atoms with E-state index in [1.165, 1.54) is 24.3 Å². The van der Waals surface area contributed by atoms with Crippen molar-refractivity contribution in [1.82, 2.24) is 10.2 Å². The Hall–Kier alpha value is -3.36. The monoisotopic (exact) mass is 623 g/mol. The largest absolute Gasteiger partial charge is 0.352 e. The number of hydrogen-bond acceptors (Lipinski definition) is 4. The molecule has 0 spiro atoms. The molecule has 3 aromatic rings. The van der Waals surface area contributed by atoms with E-state index < -0.39 is 28.5 Å². The smallest absolute Gasteiger partial charge is 0.264 e. The molecule has 4 rings (SSSR count). The van der Waals surface area contributed by atoms with Crippen LogP contribution >= 0.6 is 11.6 Å². The van der Waals surface area contributed by atoms with Crippen molar-refractivity contribution in [3.63, 3.8) is 0 Å². The minimum atomic E-state index is -4.16. The van der Waals surface area contributed by atoms with Gasteiger partial charge in [0.05, 0.1) is 10.6 Å². The van der Waals surface area contributed by atoms with Crippen molar-refractivity contribution in [3.8, 4) is 0 Å². The van der Waals surface area contributed by atoms with Gasteiger partial charge >= 0.3 is 0 Å². The van der Waals surface area contributed by atoms with Gasteiger partial charge in [-0.1, -0.05) is 68.1 Å². The van der Waals surface area contributed by atoms with E-state index in [2.05, 4.69) is 5.32 Å². The number of amides is 2. The zero-order chi connectivity index (χ0) is 31.1. The zero-order valence-corrected chi connectivity index (χ0v) is 27.0. The third kappa shape index (κ3) is 7.98. The van der Waals surface area contributed by atoms with E-state index in [1.807, 2.05) is 58.0 Å². The summed E-state index contributed by atoms with van der Waals surface area (Å²) < 4.78 is 29.3. The van der Waals surface area contributed by atoms with E-state index >= 15 is 0 Å². The minimum absolute atomic E-state index is 0.0236. The van der Waals surface area contributed by atoms with Crippen molar-refractivity contribution in [2.75, 3.05) is 10.8 Å². The Morgan fingerprint density at radius 3 is 2.21 bits per heavy atom. The van der Waals surface area contributed by atoms with Gasteiger partial charge in [-0.25, -0.2) is 8.42 Å². The summed E-state index contributed by atoms with van der Waals surface area (Å²) in [6.45, 7) is 7.42. The molecule has 0 aliphatic heterocycles. The molecule has 0 unspecified atom stereocenters. The van der Waals surface area contributed by atoms with Crippen LogP contribution in [-0.2, 0) is 26.2 Å². The lowest BCUT2D eigenvalue weighted by atomic mass is 9.95. The van der Waals surface area contributed by atoms with Crippen LogP contribution in [0, 0.1) is 20.8 Å². The third-order valence-electron chi connectivity index (χ3n) is 8.40. The van der Waals surface area contributed by atoms with Gasteiger partial charge in [-0.2, -0.15) is 0 Å². The molecule has 230 valence electrons. The Kier molecular flexibility index (Phi) is 10.9. The van der Waals surface area contributed by atoms with Crippen molar-refractivity contribution >= 4 is 39.1 Å². The van der Waals surface area contributed by atoms with Crippen LogP contribution in [0.5, 0.6) is 0 Å². The summed E-state index contributed by atoms with van der Waals surface area (Å²) in [7, 11) is -4.16. The van der Waals surface area contributed by atoms with E-state index in [4.69, 9.17) is 11.6 Å². The molecule has 7 nitrogen and oxygen atoms in total. The second kappa shape index (κ2) is 14.4. The number of halogens is 1. The summed E-state index contributed by atoms with van der Waals surface area (Å²) in [5.41, 5.74) is 4.17. The summed E-state index contributed by atoms with van der Waals surface area (Å²) in [5, 5.41) is 3.60. The Bertz CT molecular complexity index is 1540. The molecule has 43 heavy (non-hydrogen) atoms. The van der Waals surface area contributed by atoms with Gasteiger partial charge < -0.3 is 10.2 Å². The van der Waals surface area contributed by atoms with Crippen molar-refractivity contribution in [3.05, 3.63) is 94.0 Å². The van der Waals surface area contributed by atoms with Crippen LogP contribution in [0.15, 0.2) is 71.6 Å². The molecule has 1 atom stereocenters. The Labute approximate surface area is 261 Å². The molecule has 0 aromatic heterocycles. The first-order chi connectivity index (χ1) is 20.5. The molecular formula is C34H42ClN3O4S. The average molecular weight is 624 g/mol. The lowest BCUT2D eigenvalue weighted by Crippen LogP contribution is -2.54. The summed E-state index contributed by atoms with van der Waals surface area (Å²) in [6.07, 6.45) is 5.55. The minimum Gasteiger partial charge on any atom is -0.352 e. The van der Waals surface area contributed by atoms with Gasteiger partial charge in [-0.05, 0) is 98.7 Å². The lowest BCUT2D eigenvalue weighted by Gasteiger charge is -2.35. The standard InChI is InChI=1S/C34H42ClN3O4S/c1-5-32(34(40)36-29-13-7-6-8-14-29)37(22-27-12-10-9-11-25(27)3)33(39)23-38(30-18-15-24(2)26(4)21-30)43(41,42)31-19-16-28(35)17-20-31/h9-12,15-21,29,32H,5-8,13-14,22-23H2,1-4H3,(H,36,40)/t32-/m0/s1. The first-order valence-corrected chi connectivity index (χ1v) is 16.8. The van der Waals surface area contributed by atoms with Gasteiger partial charge in [0, 0.05) is 17.6 Å². The Balaban J connectivity index is 1.73. The highest BCUT2D eigenvalue weighted by molar-refractivity contribution is 7.92. The molecule has 9 heteroatoms. The van der Waals surface area contributed by atoms with Crippen molar-refractivity contribution in [2.24, 2.45) is 0 Å². The number of benzene rings is 3. The highest BCUT2D eigenvalue weighted by Crippen LogP contribution is 2.28. The molecular weight excluding hydrogens is 582 g/mol. The number of carbonyl (C=O) groups excluding carboxylic acids is 2. The second-order valence-electron chi connectivity index (χ2n) is 11.4. The second-order valence-corrected chi connectivity index (χ2v) is 13.7. The van der Waals surface area contributed by atoms with Gasteiger partial charge in [-0.15, -0.1) is 0 Å². The van der Waals surface area contributed by atoms with Gasteiger partial charge in [-0.3, -0.25) is 13.9 Å². The number of anilines is 1. The Morgan fingerprint density at radius 1 is 0.907 bits per heavy atom. The van der Waals surface area contributed by atoms with E-state index in [1.54, 1.807) is 17.0 Å². The molecule has 2 amide bonds. The van der Waals surface area contributed by atoms with Crippen LogP contribution in [0.3, 0.4) is 0 Å². The first kappa shape index (κ1) is 32.6. The first-order valence-electron chi connectivity index (χ1n) is 15.0. The quantitative estimate of drug-likeness (QED) is 0.257. The summed E-state index contributed by atoms with van der Waals surface area (Å²) in [5.74, 6) is -0.653. The maximum atomic E-state index is 14.3. The highest BCUT2D eigenvalue weighted by Gasteiger charge is 2.34. The fourth-order valence-corrected chi connectivity index (χ4v) is 7.11.